The largest absolute Gasteiger partial charge is 0.481 e. The van der Waals surface area contributed by atoms with E-state index in [0.29, 0.717) is 19.3 Å². The van der Waals surface area contributed by atoms with E-state index in [0.717, 1.165) is 38.0 Å². The highest BCUT2D eigenvalue weighted by atomic mass is 16.4. The van der Waals surface area contributed by atoms with Gasteiger partial charge in [-0.3, -0.25) is 9.59 Å². The zero-order valence-electron chi connectivity index (χ0n) is 18.1. The van der Waals surface area contributed by atoms with Crippen molar-refractivity contribution in [1.29, 1.82) is 0 Å². The molecule has 2 atom stereocenters. The van der Waals surface area contributed by atoms with Crippen LogP contribution in [-0.4, -0.2) is 22.2 Å². The van der Waals surface area contributed by atoms with Gasteiger partial charge in [0.25, 0.3) is 0 Å². The average Bonchev–Trinajstić information content (AvgIpc) is 2.59. The minimum Gasteiger partial charge on any atom is -0.481 e. The number of carbonyl (C=O) groups is 2. The fourth-order valence-corrected chi connectivity index (χ4v) is 5.31. The summed E-state index contributed by atoms with van der Waals surface area (Å²) in [6, 6.07) is 0. The van der Waals surface area contributed by atoms with Crippen molar-refractivity contribution in [1.82, 2.24) is 0 Å². The molecule has 0 radical (unpaired) electrons. The van der Waals surface area contributed by atoms with Gasteiger partial charge in [-0.1, -0.05) is 91.9 Å². The Balaban J connectivity index is 2.59. The molecular formula is C23H42O4. The Hall–Kier alpha value is -1.06. The van der Waals surface area contributed by atoms with Gasteiger partial charge >= 0.3 is 11.9 Å². The molecule has 2 unspecified atom stereocenters. The number of aliphatic carboxylic acids is 2. The summed E-state index contributed by atoms with van der Waals surface area (Å²) in [7, 11) is 0. The van der Waals surface area contributed by atoms with Crippen molar-refractivity contribution < 1.29 is 19.8 Å². The highest BCUT2D eigenvalue weighted by molar-refractivity contribution is 5.87. The first-order valence-electron chi connectivity index (χ1n) is 11.2. The Labute approximate surface area is 166 Å². The predicted octanol–water partition coefficient (Wildman–Crippen LogP) is 6.53. The van der Waals surface area contributed by atoms with Crippen molar-refractivity contribution in [2.24, 2.45) is 22.7 Å². The molecule has 1 aliphatic carbocycles. The summed E-state index contributed by atoms with van der Waals surface area (Å²) >= 11 is 0. The Bertz CT molecular complexity index is 471. The smallest absolute Gasteiger partial charge is 0.311 e. The van der Waals surface area contributed by atoms with Crippen molar-refractivity contribution in [2.45, 2.75) is 111 Å². The minimum atomic E-state index is -1.13. The van der Waals surface area contributed by atoms with Gasteiger partial charge in [-0.05, 0) is 31.1 Å². The summed E-state index contributed by atoms with van der Waals surface area (Å²) in [4.78, 5) is 24.6. The number of unbranched alkanes of at least 4 members (excludes halogenated alkanes) is 6. The fourth-order valence-electron chi connectivity index (χ4n) is 5.31. The molecule has 0 heterocycles. The molecule has 0 saturated heterocycles. The number of carboxylic acids is 2. The monoisotopic (exact) mass is 382 g/mol. The van der Waals surface area contributed by atoms with Crippen LogP contribution in [0.25, 0.3) is 0 Å². The van der Waals surface area contributed by atoms with Crippen molar-refractivity contribution >= 4 is 11.9 Å². The second-order valence-electron chi connectivity index (χ2n) is 9.43. The van der Waals surface area contributed by atoms with E-state index in [4.69, 9.17) is 0 Å². The summed E-state index contributed by atoms with van der Waals surface area (Å²) in [5, 5.41) is 20.1. The maximum absolute atomic E-state index is 12.3. The number of hydrogen-bond donors (Lipinski definition) is 2. The molecule has 0 aliphatic heterocycles. The van der Waals surface area contributed by atoms with Crippen LogP contribution < -0.4 is 0 Å². The van der Waals surface area contributed by atoms with Crippen molar-refractivity contribution in [3.8, 4) is 0 Å². The highest BCUT2D eigenvalue weighted by Crippen LogP contribution is 2.58. The standard InChI is InChI=1S/C23H42O4/c1-18(2)14-10-8-6-5-7-9-11-15-22(20(24)25)16-12-13-17-23(22,19(3)4)21(26)27/h18-19H,5-17H2,1-4H3,(H,24,25)(H,26,27). The summed E-state index contributed by atoms with van der Waals surface area (Å²) in [5.41, 5.74) is -2.24. The van der Waals surface area contributed by atoms with Gasteiger partial charge in [-0.15, -0.1) is 0 Å². The SMILES string of the molecule is CC(C)CCCCCCCCCC1(C(=O)O)CCCCC1(C(=O)O)C(C)C. The van der Waals surface area contributed by atoms with Gasteiger partial charge in [0.2, 0.25) is 0 Å². The molecule has 0 spiro atoms. The van der Waals surface area contributed by atoms with Crippen LogP contribution in [0.1, 0.15) is 111 Å². The van der Waals surface area contributed by atoms with E-state index in [1.807, 2.05) is 13.8 Å². The molecule has 27 heavy (non-hydrogen) atoms. The van der Waals surface area contributed by atoms with Gasteiger partial charge in [-0.25, -0.2) is 0 Å². The lowest BCUT2D eigenvalue weighted by atomic mass is 9.50. The van der Waals surface area contributed by atoms with Gasteiger partial charge < -0.3 is 10.2 Å². The van der Waals surface area contributed by atoms with E-state index in [1.54, 1.807) is 0 Å². The molecular weight excluding hydrogens is 340 g/mol. The fraction of sp³-hybridized carbons (Fsp3) is 0.913. The molecule has 1 fully saturated rings. The van der Waals surface area contributed by atoms with Crippen LogP contribution in [-0.2, 0) is 9.59 Å². The Morgan fingerprint density at radius 2 is 1.30 bits per heavy atom. The Morgan fingerprint density at radius 3 is 1.78 bits per heavy atom. The normalized spacial score (nSPS) is 25.9. The molecule has 0 aromatic carbocycles. The third-order valence-corrected chi connectivity index (χ3v) is 6.94. The zero-order chi connectivity index (χ0) is 20.5. The van der Waals surface area contributed by atoms with Crippen molar-refractivity contribution in [3.63, 3.8) is 0 Å². The van der Waals surface area contributed by atoms with Crippen LogP contribution in [0.4, 0.5) is 0 Å². The second kappa shape index (κ2) is 11.1. The van der Waals surface area contributed by atoms with Crippen LogP contribution in [0.15, 0.2) is 0 Å². The lowest BCUT2D eigenvalue weighted by Gasteiger charge is -2.51. The third kappa shape index (κ3) is 5.71. The lowest BCUT2D eigenvalue weighted by Crippen LogP contribution is -2.57. The van der Waals surface area contributed by atoms with E-state index in [2.05, 4.69) is 13.8 Å². The second-order valence-corrected chi connectivity index (χ2v) is 9.43. The van der Waals surface area contributed by atoms with Crippen LogP contribution in [0.5, 0.6) is 0 Å². The highest BCUT2D eigenvalue weighted by Gasteiger charge is 2.63. The maximum atomic E-state index is 12.3. The van der Waals surface area contributed by atoms with E-state index >= 15 is 0 Å². The van der Waals surface area contributed by atoms with E-state index in [1.165, 1.54) is 32.1 Å². The zero-order valence-corrected chi connectivity index (χ0v) is 18.1. The summed E-state index contributed by atoms with van der Waals surface area (Å²) in [6.45, 7) is 8.29. The van der Waals surface area contributed by atoms with Gasteiger partial charge in [0, 0.05) is 0 Å². The van der Waals surface area contributed by atoms with Crippen LogP contribution in [0.3, 0.4) is 0 Å². The third-order valence-electron chi connectivity index (χ3n) is 6.94. The van der Waals surface area contributed by atoms with Gasteiger partial charge in [0.1, 0.15) is 0 Å². The Morgan fingerprint density at radius 1 is 0.778 bits per heavy atom. The van der Waals surface area contributed by atoms with E-state index < -0.39 is 22.8 Å². The van der Waals surface area contributed by atoms with Crippen LogP contribution in [0.2, 0.25) is 0 Å². The average molecular weight is 383 g/mol. The summed E-state index contributed by atoms with van der Waals surface area (Å²) in [6.07, 6.45) is 12.4. The quantitative estimate of drug-likeness (QED) is 0.355. The molecule has 1 rings (SSSR count). The van der Waals surface area contributed by atoms with E-state index in [9.17, 15) is 19.8 Å². The lowest BCUT2D eigenvalue weighted by molar-refractivity contribution is -0.187. The molecule has 4 nitrogen and oxygen atoms in total. The molecule has 1 aliphatic rings. The predicted molar refractivity (Wildman–Crippen MR) is 110 cm³/mol. The van der Waals surface area contributed by atoms with Crippen LogP contribution in [0, 0.1) is 22.7 Å². The molecule has 2 N–H and O–H groups in total. The molecule has 0 aromatic heterocycles. The van der Waals surface area contributed by atoms with Gasteiger partial charge in [-0.2, -0.15) is 0 Å². The Kier molecular flexibility index (Phi) is 9.83. The minimum absolute atomic E-state index is 0.174. The molecule has 0 amide bonds. The molecule has 0 aromatic rings. The van der Waals surface area contributed by atoms with Gasteiger partial charge in [0.05, 0.1) is 10.8 Å². The number of rotatable bonds is 13. The molecule has 4 heteroatoms. The van der Waals surface area contributed by atoms with Crippen molar-refractivity contribution in [2.75, 3.05) is 0 Å². The molecule has 0 bridgehead atoms. The first-order valence-corrected chi connectivity index (χ1v) is 11.2. The van der Waals surface area contributed by atoms with Gasteiger partial charge in [0.15, 0.2) is 0 Å². The number of hydrogen-bond acceptors (Lipinski definition) is 2. The summed E-state index contributed by atoms with van der Waals surface area (Å²) < 4.78 is 0. The topological polar surface area (TPSA) is 74.6 Å². The number of carboxylic acid groups (broad SMARTS) is 2. The first-order chi connectivity index (χ1) is 12.7. The first kappa shape index (κ1) is 24.0. The molecule has 158 valence electrons. The maximum Gasteiger partial charge on any atom is 0.311 e. The van der Waals surface area contributed by atoms with Crippen LogP contribution >= 0.6 is 0 Å². The van der Waals surface area contributed by atoms with Crippen molar-refractivity contribution in [3.05, 3.63) is 0 Å². The summed E-state index contributed by atoms with van der Waals surface area (Å²) in [5.74, 6) is -1.20. The molecule has 1 saturated carbocycles. The van der Waals surface area contributed by atoms with E-state index in [-0.39, 0.29) is 5.92 Å².